The summed E-state index contributed by atoms with van der Waals surface area (Å²) in [5, 5.41) is 10.7. The van der Waals surface area contributed by atoms with E-state index in [1.807, 2.05) is 6.07 Å². The SMILES string of the molecule is O=C(O)c1cc(Cl)ccc1SCc1ccc(Cl)cc1Cl. The third-order valence-electron chi connectivity index (χ3n) is 2.57. The van der Waals surface area contributed by atoms with Gasteiger partial charge in [-0.2, -0.15) is 0 Å². The summed E-state index contributed by atoms with van der Waals surface area (Å²) < 4.78 is 0. The van der Waals surface area contributed by atoms with Crippen LogP contribution in [0, 0.1) is 0 Å². The zero-order valence-electron chi connectivity index (χ0n) is 10.1. The molecular weight excluding hydrogens is 339 g/mol. The van der Waals surface area contributed by atoms with Crippen molar-refractivity contribution in [1.29, 1.82) is 0 Å². The molecule has 0 saturated carbocycles. The van der Waals surface area contributed by atoms with Gasteiger partial charge in [-0.3, -0.25) is 0 Å². The molecule has 20 heavy (non-hydrogen) atoms. The lowest BCUT2D eigenvalue weighted by atomic mass is 10.2. The van der Waals surface area contributed by atoms with Crippen LogP contribution in [0.3, 0.4) is 0 Å². The maximum absolute atomic E-state index is 11.2. The molecule has 2 nitrogen and oxygen atoms in total. The van der Waals surface area contributed by atoms with Crippen molar-refractivity contribution in [2.75, 3.05) is 0 Å². The highest BCUT2D eigenvalue weighted by Crippen LogP contribution is 2.31. The highest BCUT2D eigenvalue weighted by molar-refractivity contribution is 7.98. The molecule has 0 aliphatic carbocycles. The fraction of sp³-hybridized carbons (Fsp3) is 0.0714. The fourth-order valence-corrected chi connectivity index (χ4v) is 3.34. The number of carboxylic acid groups (broad SMARTS) is 1. The van der Waals surface area contributed by atoms with E-state index in [1.54, 1.807) is 24.3 Å². The summed E-state index contributed by atoms with van der Waals surface area (Å²) in [5.41, 5.74) is 1.08. The van der Waals surface area contributed by atoms with Gasteiger partial charge in [0.2, 0.25) is 0 Å². The van der Waals surface area contributed by atoms with E-state index in [-0.39, 0.29) is 5.56 Å². The molecule has 0 aliphatic heterocycles. The summed E-state index contributed by atoms with van der Waals surface area (Å²) in [6.45, 7) is 0. The van der Waals surface area contributed by atoms with Crippen LogP contribution in [0.5, 0.6) is 0 Å². The van der Waals surface area contributed by atoms with Gasteiger partial charge in [-0.05, 0) is 35.9 Å². The monoisotopic (exact) mass is 346 g/mol. The molecule has 0 saturated heterocycles. The van der Waals surface area contributed by atoms with Crippen molar-refractivity contribution in [2.24, 2.45) is 0 Å². The van der Waals surface area contributed by atoms with Gasteiger partial charge in [0.25, 0.3) is 0 Å². The number of carboxylic acids is 1. The van der Waals surface area contributed by atoms with Gasteiger partial charge < -0.3 is 5.11 Å². The molecule has 0 unspecified atom stereocenters. The van der Waals surface area contributed by atoms with Gasteiger partial charge >= 0.3 is 5.97 Å². The molecule has 0 fully saturated rings. The van der Waals surface area contributed by atoms with Crippen molar-refractivity contribution in [2.45, 2.75) is 10.6 Å². The van der Waals surface area contributed by atoms with Gasteiger partial charge in [0.15, 0.2) is 0 Å². The maximum atomic E-state index is 11.2. The molecule has 104 valence electrons. The van der Waals surface area contributed by atoms with Gasteiger partial charge in [0.05, 0.1) is 5.56 Å². The summed E-state index contributed by atoms with van der Waals surface area (Å²) in [6.07, 6.45) is 0. The Balaban J connectivity index is 2.20. The van der Waals surface area contributed by atoms with E-state index in [0.29, 0.717) is 25.7 Å². The van der Waals surface area contributed by atoms with Crippen LogP contribution in [0.25, 0.3) is 0 Å². The van der Waals surface area contributed by atoms with Crippen LogP contribution in [-0.4, -0.2) is 11.1 Å². The first kappa shape index (κ1) is 15.5. The maximum Gasteiger partial charge on any atom is 0.336 e. The minimum absolute atomic E-state index is 0.188. The lowest BCUT2D eigenvalue weighted by Gasteiger charge is -2.08. The van der Waals surface area contributed by atoms with Crippen molar-refractivity contribution < 1.29 is 9.90 Å². The zero-order valence-corrected chi connectivity index (χ0v) is 13.2. The zero-order chi connectivity index (χ0) is 14.7. The van der Waals surface area contributed by atoms with Crippen LogP contribution in [0.15, 0.2) is 41.3 Å². The Kier molecular flexibility index (Phi) is 5.22. The molecule has 0 bridgehead atoms. The molecule has 6 heteroatoms. The highest BCUT2D eigenvalue weighted by Gasteiger charge is 2.12. The predicted molar refractivity (Wildman–Crippen MR) is 84.4 cm³/mol. The van der Waals surface area contributed by atoms with Crippen LogP contribution in [0.4, 0.5) is 0 Å². The summed E-state index contributed by atoms with van der Waals surface area (Å²) in [6, 6.07) is 10.0. The van der Waals surface area contributed by atoms with E-state index in [2.05, 4.69) is 0 Å². The highest BCUT2D eigenvalue weighted by atomic mass is 35.5. The topological polar surface area (TPSA) is 37.3 Å². The van der Waals surface area contributed by atoms with Gasteiger partial charge in [0, 0.05) is 25.7 Å². The van der Waals surface area contributed by atoms with Gasteiger partial charge in [-0.15, -0.1) is 11.8 Å². The van der Waals surface area contributed by atoms with E-state index in [0.717, 1.165) is 5.56 Å². The number of thioether (sulfide) groups is 1. The first-order valence-electron chi connectivity index (χ1n) is 5.57. The molecule has 0 atom stereocenters. The average Bonchev–Trinajstić information content (AvgIpc) is 2.38. The Morgan fingerprint density at radius 2 is 1.70 bits per heavy atom. The second-order valence-corrected chi connectivity index (χ2v) is 6.27. The van der Waals surface area contributed by atoms with Crippen molar-refractivity contribution in [3.8, 4) is 0 Å². The lowest BCUT2D eigenvalue weighted by Crippen LogP contribution is -1.99. The molecule has 0 aliphatic rings. The molecule has 1 N–H and O–H groups in total. The normalized spacial score (nSPS) is 10.6. The smallest absolute Gasteiger partial charge is 0.336 e. The van der Waals surface area contributed by atoms with Crippen LogP contribution in [0.2, 0.25) is 15.1 Å². The van der Waals surface area contributed by atoms with E-state index in [4.69, 9.17) is 39.9 Å². The molecule has 0 aromatic heterocycles. The summed E-state index contributed by atoms with van der Waals surface area (Å²) in [4.78, 5) is 11.8. The van der Waals surface area contributed by atoms with Crippen LogP contribution < -0.4 is 0 Å². The standard InChI is InChI=1S/C14H9Cl3O2S/c15-9-3-4-13(11(5-9)14(18)19)20-7-8-1-2-10(16)6-12(8)17/h1-6H,7H2,(H,18,19). The quantitative estimate of drug-likeness (QED) is 0.727. The van der Waals surface area contributed by atoms with Crippen LogP contribution >= 0.6 is 46.6 Å². The first-order valence-corrected chi connectivity index (χ1v) is 7.69. The largest absolute Gasteiger partial charge is 0.478 e. The number of aromatic carboxylic acids is 1. The molecule has 2 rings (SSSR count). The van der Waals surface area contributed by atoms with Crippen molar-refractivity contribution >= 4 is 52.5 Å². The van der Waals surface area contributed by atoms with E-state index in [9.17, 15) is 4.79 Å². The molecule has 0 spiro atoms. The van der Waals surface area contributed by atoms with E-state index < -0.39 is 5.97 Å². The summed E-state index contributed by atoms with van der Waals surface area (Å²) in [5.74, 6) is -0.449. The Bertz CT molecular complexity index is 659. The number of halogens is 3. The van der Waals surface area contributed by atoms with E-state index >= 15 is 0 Å². The number of hydrogen-bond acceptors (Lipinski definition) is 2. The number of benzene rings is 2. The third kappa shape index (κ3) is 3.83. The number of carbonyl (C=O) groups is 1. The minimum atomic E-state index is -1.00. The van der Waals surface area contributed by atoms with Crippen LogP contribution in [0.1, 0.15) is 15.9 Å². The lowest BCUT2D eigenvalue weighted by molar-refractivity contribution is 0.0693. The van der Waals surface area contributed by atoms with Crippen molar-refractivity contribution in [1.82, 2.24) is 0 Å². The molecule has 0 amide bonds. The van der Waals surface area contributed by atoms with Gasteiger partial charge in [0.1, 0.15) is 0 Å². The molecule has 0 heterocycles. The van der Waals surface area contributed by atoms with Crippen molar-refractivity contribution in [3.63, 3.8) is 0 Å². The third-order valence-corrected chi connectivity index (χ3v) is 4.51. The second-order valence-electron chi connectivity index (χ2n) is 3.97. The predicted octanol–water partition coefficient (Wildman–Crippen LogP) is 5.64. The van der Waals surface area contributed by atoms with E-state index in [1.165, 1.54) is 17.8 Å². The number of rotatable bonds is 4. The first-order chi connectivity index (χ1) is 9.47. The summed E-state index contributed by atoms with van der Waals surface area (Å²) in [7, 11) is 0. The molecule has 2 aromatic rings. The Hall–Kier alpha value is -0.870. The second kappa shape index (κ2) is 6.72. The average molecular weight is 348 g/mol. The Morgan fingerprint density at radius 3 is 2.35 bits per heavy atom. The molecular formula is C14H9Cl3O2S. The molecule has 0 radical (unpaired) electrons. The van der Waals surface area contributed by atoms with Gasteiger partial charge in [-0.25, -0.2) is 4.79 Å². The Morgan fingerprint density at radius 1 is 1.05 bits per heavy atom. The minimum Gasteiger partial charge on any atom is -0.478 e. The van der Waals surface area contributed by atoms with Crippen molar-refractivity contribution in [3.05, 3.63) is 62.6 Å². The van der Waals surface area contributed by atoms with Crippen LogP contribution in [-0.2, 0) is 5.75 Å². The summed E-state index contributed by atoms with van der Waals surface area (Å²) >= 11 is 19.1. The number of hydrogen-bond donors (Lipinski definition) is 1. The fourth-order valence-electron chi connectivity index (χ4n) is 1.59. The molecule has 2 aromatic carbocycles. The van der Waals surface area contributed by atoms with Gasteiger partial charge in [-0.1, -0.05) is 40.9 Å². The Labute approximate surface area is 135 Å².